The van der Waals surface area contributed by atoms with E-state index in [4.69, 9.17) is 0 Å². The number of hydrogen-bond acceptors (Lipinski definition) is 6. The van der Waals surface area contributed by atoms with Gasteiger partial charge in [0.2, 0.25) is 12.0 Å². The molecule has 8 nitrogen and oxygen atoms in total. The van der Waals surface area contributed by atoms with Crippen molar-refractivity contribution in [2.24, 2.45) is 5.92 Å². The first-order valence-electron chi connectivity index (χ1n) is 5.81. The van der Waals surface area contributed by atoms with Gasteiger partial charge < -0.3 is 0 Å². The van der Waals surface area contributed by atoms with Crippen LogP contribution in [-0.4, -0.2) is 27.6 Å². The molecule has 9 heteroatoms. The molecule has 0 bridgehead atoms. The highest BCUT2D eigenvalue weighted by atomic mass is 19.1. The third-order valence-electron chi connectivity index (χ3n) is 2.70. The van der Waals surface area contributed by atoms with Gasteiger partial charge >= 0.3 is 0 Å². The highest BCUT2D eigenvalue weighted by Crippen LogP contribution is 2.26. The minimum Gasteiger partial charge on any atom is -0.296 e. The van der Waals surface area contributed by atoms with Crippen LogP contribution in [0, 0.1) is 26.1 Å². The summed E-state index contributed by atoms with van der Waals surface area (Å²) in [7, 11) is 0. The fourth-order valence-electron chi connectivity index (χ4n) is 1.55. The average Bonchev–Trinajstić information content (AvgIpc) is 2.43. The standard InChI is InChI=1S/C12H11FN2O6/c1-6(2)11(16)10(13)12(17)8-4-3-7(14(18)19)5-9(8)15(20)21/h3-6,10H,1-2H3. The van der Waals surface area contributed by atoms with Crippen molar-refractivity contribution < 1.29 is 23.8 Å². The Morgan fingerprint density at radius 3 is 2.14 bits per heavy atom. The fraction of sp³-hybridized carbons (Fsp3) is 0.333. The molecule has 1 atom stereocenters. The fourth-order valence-corrected chi connectivity index (χ4v) is 1.55. The molecule has 0 N–H and O–H groups in total. The second-order valence-corrected chi connectivity index (χ2v) is 4.50. The van der Waals surface area contributed by atoms with E-state index >= 15 is 0 Å². The minimum atomic E-state index is -2.54. The van der Waals surface area contributed by atoms with Gasteiger partial charge in [0, 0.05) is 12.0 Å². The maximum Gasteiger partial charge on any atom is 0.287 e. The van der Waals surface area contributed by atoms with Crippen molar-refractivity contribution in [3.63, 3.8) is 0 Å². The molecular weight excluding hydrogens is 287 g/mol. The molecule has 0 aliphatic carbocycles. The zero-order valence-corrected chi connectivity index (χ0v) is 11.1. The summed E-state index contributed by atoms with van der Waals surface area (Å²) in [6, 6.07) is 2.17. The van der Waals surface area contributed by atoms with Crippen LogP contribution in [0.1, 0.15) is 24.2 Å². The number of halogens is 1. The molecule has 1 unspecified atom stereocenters. The SMILES string of the molecule is CC(C)C(=O)C(F)C(=O)c1ccc([N+](=O)[O-])cc1[N+](=O)[O-]. The van der Waals surface area contributed by atoms with Crippen LogP contribution in [0.5, 0.6) is 0 Å². The van der Waals surface area contributed by atoms with E-state index < -0.39 is 50.4 Å². The highest BCUT2D eigenvalue weighted by Gasteiger charge is 2.34. The number of Topliss-reactive ketones (excluding diaryl/α,β-unsaturated/α-hetero) is 2. The Hall–Kier alpha value is -2.71. The monoisotopic (exact) mass is 298 g/mol. The van der Waals surface area contributed by atoms with Crippen molar-refractivity contribution >= 4 is 22.9 Å². The molecule has 1 aromatic rings. The molecule has 0 saturated carbocycles. The lowest BCUT2D eigenvalue weighted by molar-refractivity contribution is -0.394. The third-order valence-corrected chi connectivity index (χ3v) is 2.70. The van der Waals surface area contributed by atoms with Crippen molar-refractivity contribution in [1.29, 1.82) is 0 Å². The zero-order valence-electron chi connectivity index (χ0n) is 11.1. The molecule has 0 saturated heterocycles. The summed E-state index contributed by atoms with van der Waals surface area (Å²) in [5, 5.41) is 21.4. The van der Waals surface area contributed by atoms with E-state index in [2.05, 4.69) is 0 Å². The molecule has 112 valence electrons. The van der Waals surface area contributed by atoms with Gasteiger partial charge in [-0.05, 0) is 6.07 Å². The Morgan fingerprint density at radius 1 is 1.14 bits per heavy atom. The molecule has 0 aromatic heterocycles. The largest absolute Gasteiger partial charge is 0.296 e. The van der Waals surface area contributed by atoms with Crippen molar-refractivity contribution in [2.45, 2.75) is 20.0 Å². The van der Waals surface area contributed by atoms with Gasteiger partial charge in [-0.15, -0.1) is 0 Å². The van der Waals surface area contributed by atoms with Gasteiger partial charge in [-0.2, -0.15) is 0 Å². The molecule has 1 aromatic carbocycles. The summed E-state index contributed by atoms with van der Waals surface area (Å²) in [6.45, 7) is 2.76. The maximum absolute atomic E-state index is 13.8. The van der Waals surface area contributed by atoms with Gasteiger partial charge in [0.25, 0.3) is 11.4 Å². The van der Waals surface area contributed by atoms with Crippen molar-refractivity contribution in [2.75, 3.05) is 0 Å². The number of nitrogens with zero attached hydrogens (tertiary/aromatic N) is 2. The topological polar surface area (TPSA) is 120 Å². The first-order valence-corrected chi connectivity index (χ1v) is 5.81. The van der Waals surface area contributed by atoms with Gasteiger partial charge in [0.05, 0.1) is 21.5 Å². The Bertz CT molecular complexity index is 628. The summed E-state index contributed by atoms with van der Waals surface area (Å²) in [5.41, 5.74) is -2.19. The Labute approximate surface area is 117 Å². The Kier molecular flexibility index (Phi) is 4.79. The molecule has 1 rings (SSSR count). The summed E-state index contributed by atoms with van der Waals surface area (Å²) >= 11 is 0. The molecular formula is C12H11FN2O6. The highest BCUT2D eigenvalue weighted by molar-refractivity contribution is 6.15. The molecule has 0 aliphatic heterocycles. The molecule has 0 aliphatic rings. The number of carbonyl (C=O) groups excluding carboxylic acids is 2. The predicted molar refractivity (Wildman–Crippen MR) is 68.8 cm³/mol. The molecule has 0 fully saturated rings. The van der Waals surface area contributed by atoms with Gasteiger partial charge in [-0.3, -0.25) is 29.8 Å². The summed E-state index contributed by atoms with van der Waals surface area (Å²) in [4.78, 5) is 42.8. The number of rotatable bonds is 6. The van der Waals surface area contributed by atoms with Crippen LogP contribution in [0.25, 0.3) is 0 Å². The number of alkyl halides is 1. The van der Waals surface area contributed by atoms with E-state index in [0.717, 1.165) is 12.1 Å². The number of nitro groups is 2. The molecule has 0 amide bonds. The van der Waals surface area contributed by atoms with E-state index in [1.165, 1.54) is 13.8 Å². The van der Waals surface area contributed by atoms with Gasteiger partial charge in [0.1, 0.15) is 0 Å². The predicted octanol–water partition coefficient (Wildman–Crippen LogP) is 2.25. The van der Waals surface area contributed by atoms with E-state index in [-0.39, 0.29) is 0 Å². The first kappa shape index (κ1) is 16.3. The third kappa shape index (κ3) is 3.44. The van der Waals surface area contributed by atoms with Crippen molar-refractivity contribution in [1.82, 2.24) is 0 Å². The molecule has 21 heavy (non-hydrogen) atoms. The lowest BCUT2D eigenvalue weighted by Gasteiger charge is -2.09. The van der Waals surface area contributed by atoms with Crippen LogP contribution in [0.4, 0.5) is 15.8 Å². The Morgan fingerprint density at radius 2 is 1.71 bits per heavy atom. The summed E-state index contributed by atoms with van der Waals surface area (Å²) in [5.74, 6) is -3.15. The number of carbonyl (C=O) groups is 2. The number of benzene rings is 1. The van der Waals surface area contributed by atoms with Crippen LogP contribution < -0.4 is 0 Å². The Balaban J connectivity index is 3.30. The zero-order chi connectivity index (χ0) is 16.3. The van der Waals surface area contributed by atoms with Crippen LogP contribution in [0.15, 0.2) is 18.2 Å². The van der Waals surface area contributed by atoms with E-state index in [1.807, 2.05) is 0 Å². The van der Waals surface area contributed by atoms with Crippen molar-refractivity contribution in [3.05, 3.63) is 44.0 Å². The second-order valence-electron chi connectivity index (χ2n) is 4.50. The van der Waals surface area contributed by atoms with E-state index in [9.17, 15) is 34.2 Å². The molecule has 0 radical (unpaired) electrons. The average molecular weight is 298 g/mol. The minimum absolute atomic E-state index is 0.555. The quantitative estimate of drug-likeness (QED) is 0.343. The maximum atomic E-state index is 13.8. The van der Waals surface area contributed by atoms with Crippen LogP contribution in [0.2, 0.25) is 0 Å². The summed E-state index contributed by atoms with van der Waals surface area (Å²) < 4.78 is 13.8. The second kappa shape index (κ2) is 6.16. The van der Waals surface area contributed by atoms with Crippen LogP contribution in [-0.2, 0) is 4.79 Å². The van der Waals surface area contributed by atoms with E-state index in [1.54, 1.807) is 0 Å². The molecule has 0 spiro atoms. The number of hydrogen-bond donors (Lipinski definition) is 0. The number of non-ortho nitro benzene ring substituents is 1. The normalized spacial score (nSPS) is 12.0. The summed E-state index contributed by atoms with van der Waals surface area (Å²) in [6.07, 6.45) is -2.54. The van der Waals surface area contributed by atoms with E-state index in [0.29, 0.717) is 6.07 Å². The number of ketones is 2. The lowest BCUT2D eigenvalue weighted by Crippen LogP contribution is -2.29. The first-order chi connectivity index (χ1) is 9.66. The number of nitro benzene ring substituents is 2. The van der Waals surface area contributed by atoms with Crippen LogP contribution >= 0.6 is 0 Å². The van der Waals surface area contributed by atoms with Gasteiger partial charge in [0.15, 0.2) is 5.78 Å². The van der Waals surface area contributed by atoms with Crippen LogP contribution in [0.3, 0.4) is 0 Å². The van der Waals surface area contributed by atoms with Gasteiger partial charge in [-0.25, -0.2) is 4.39 Å². The molecule has 0 heterocycles. The smallest absolute Gasteiger partial charge is 0.287 e. The van der Waals surface area contributed by atoms with Gasteiger partial charge in [-0.1, -0.05) is 13.8 Å². The lowest BCUT2D eigenvalue weighted by atomic mass is 9.97. The van der Waals surface area contributed by atoms with Crippen molar-refractivity contribution in [3.8, 4) is 0 Å².